The Balaban J connectivity index is 1.88. The first-order chi connectivity index (χ1) is 9.63. The molecule has 2 N–H and O–H groups in total. The second-order valence-electron chi connectivity index (χ2n) is 5.33. The fourth-order valence-corrected chi connectivity index (χ4v) is 2.31. The molecule has 0 atom stereocenters. The first kappa shape index (κ1) is 13.0. The lowest BCUT2D eigenvalue weighted by Crippen LogP contribution is -2.19. The Morgan fingerprint density at radius 2 is 2.20 bits per heavy atom. The number of nitrogens with zero attached hydrogens (tertiary/aromatic N) is 2. The number of hydrogen-bond acceptors (Lipinski definition) is 3. The molecule has 106 valence electrons. The molecule has 0 unspecified atom stereocenters. The number of anilines is 1. The van der Waals surface area contributed by atoms with Crippen LogP contribution in [0.5, 0.6) is 5.75 Å². The molecule has 20 heavy (non-hydrogen) atoms. The van der Waals surface area contributed by atoms with Crippen molar-refractivity contribution in [3.63, 3.8) is 0 Å². The molecular weight excluding hydrogens is 257 g/mol. The quantitative estimate of drug-likeness (QED) is 0.933. The molecule has 1 saturated carbocycles. The lowest BCUT2D eigenvalue weighted by atomic mass is 9.86. The van der Waals surface area contributed by atoms with Gasteiger partial charge in [0.1, 0.15) is 17.4 Å². The Hall–Kier alpha value is -2.04. The van der Waals surface area contributed by atoms with Gasteiger partial charge in [0.2, 0.25) is 0 Å². The minimum Gasteiger partial charge on any atom is -0.493 e. The third-order valence-electron chi connectivity index (χ3n) is 3.83. The van der Waals surface area contributed by atoms with Crippen LogP contribution >= 0.6 is 0 Å². The van der Waals surface area contributed by atoms with Crippen LogP contribution in [0, 0.1) is 11.7 Å². The van der Waals surface area contributed by atoms with E-state index in [0.29, 0.717) is 35.3 Å². The zero-order valence-electron chi connectivity index (χ0n) is 11.5. The fourth-order valence-electron chi connectivity index (χ4n) is 2.31. The summed E-state index contributed by atoms with van der Waals surface area (Å²) >= 11 is 0. The lowest BCUT2D eigenvalue weighted by molar-refractivity contribution is 0.181. The Bertz CT molecular complexity index is 600. The molecule has 3 rings (SSSR count). The number of rotatable bonds is 4. The highest BCUT2D eigenvalue weighted by atomic mass is 19.1. The molecular formula is C15H18FN3O. The third kappa shape index (κ3) is 2.48. The highest BCUT2D eigenvalue weighted by Crippen LogP contribution is 2.33. The molecule has 0 aliphatic heterocycles. The molecule has 5 heteroatoms. The molecule has 4 nitrogen and oxygen atoms in total. The molecule has 1 aromatic heterocycles. The Labute approximate surface area is 117 Å². The van der Waals surface area contributed by atoms with Crippen molar-refractivity contribution in [3.8, 4) is 17.0 Å². The van der Waals surface area contributed by atoms with E-state index >= 15 is 0 Å². The van der Waals surface area contributed by atoms with E-state index in [9.17, 15) is 4.39 Å². The summed E-state index contributed by atoms with van der Waals surface area (Å²) in [6.07, 6.45) is 3.71. The summed E-state index contributed by atoms with van der Waals surface area (Å²) < 4.78 is 20.9. The predicted molar refractivity (Wildman–Crippen MR) is 75.9 cm³/mol. The van der Waals surface area contributed by atoms with Crippen molar-refractivity contribution in [1.82, 2.24) is 9.78 Å². The van der Waals surface area contributed by atoms with Gasteiger partial charge >= 0.3 is 0 Å². The van der Waals surface area contributed by atoms with E-state index in [0.717, 1.165) is 0 Å². The number of aryl methyl sites for hydroxylation is 1. The maximum absolute atomic E-state index is 13.5. The van der Waals surface area contributed by atoms with Gasteiger partial charge in [0, 0.05) is 18.7 Å². The zero-order chi connectivity index (χ0) is 14.1. The average Bonchev–Trinajstić information content (AvgIpc) is 2.69. The van der Waals surface area contributed by atoms with E-state index < -0.39 is 0 Å². The van der Waals surface area contributed by atoms with Crippen LogP contribution in [0.1, 0.15) is 19.3 Å². The lowest BCUT2D eigenvalue weighted by Gasteiger charge is -2.25. The summed E-state index contributed by atoms with van der Waals surface area (Å²) in [7, 11) is 1.76. The minimum absolute atomic E-state index is 0.305. The van der Waals surface area contributed by atoms with Crippen molar-refractivity contribution >= 4 is 5.82 Å². The Kier molecular flexibility index (Phi) is 3.34. The number of halogens is 1. The molecule has 1 fully saturated rings. The molecule has 0 bridgehead atoms. The highest BCUT2D eigenvalue weighted by molar-refractivity contribution is 5.69. The van der Waals surface area contributed by atoms with Gasteiger partial charge in [-0.1, -0.05) is 6.42 Å². The van der Waals surface area contributed by atoms with Crippen LogP contribution in [0.3, 0.4) is 0 Å². The monoisotopic (exact) mass is 275 g/mol. The van der Waals surface area contributed by atoms with Crippen molar-refractivity contribution < 1.29 is 9.13 Å². The van der Waals surface area contributed by atoms with Gasteiger partial charge < -0.3 is 10.5 Å². The van der Waals surface area contributed by atoms with Crippen LogP contribution in [0.4, 0.5) is 10.2 Å². The van der Waals surface area contributed by atoms with Crippen molar-refractivity contribution in [1.29, 1.82) is 0 Å². The van der Waals surface area contributed by atoms with Crippen LogP contribution < -0.4 is 10.5 Å². The Morgan fingerprint density at radius 1 is 1.40 bits per heavy atom. The van der Waals surface area contributed by atoms with Crippen LogP contribution in [0.15, 0.2) is 24.3 Å². The molecule has 1 aromatic carbocycles. The normalized spacial score (nSPS) is 15.1. The summed E-state index contributed by atoms with van der Waals surface area (Å²) in [5.74, 6) is 1.52. The van der Waals surface area contributed by atoms with Crippen LogP contribution in [-0.2, 0) is 7.05 Å². The van der Waals surface area contributed by atoms with Crippen molar-refractivity contribution in [2.24, 2.45) is 13.0 Å². The van der Waals surface area contributed by atoms with Gasteiger partial charge in [-0.25, -0.2) is 4.39 Å². The summed E-state index contributed by atoms with van der Waals surface area (Å²) in [5, 5.41) is 4.29. The van der Waals surface area contributed by atoms with Gasteiger partial charge in [-0.3, -0.25) is 4.68 Å². The van der Waals surface area contributed by atoms with Crippen molar-refractivity contribution in [3.05, 3.63) is 30.1 Å². The molecule has 0 amide bonds. The van der Waals surface area contributed by atoms with Crippen molar-refractivity contribution in [2.75, 3.05) is 12.3 Å². The topological polar surface area (TPSA) is 53.1 Å². The standard InChI is InChI=1S/C15H18FN3O/c1-19-15(17)8-13(18-19)12-7-11(16)5-6-14(12)20-9-10-3-2-4-10/h5-8,10H,2-4,9,17H2,1H3. The molecule has 0 saturated heterocycles. The molecule has 1 aliphatic rings. The van der Waals surface area contributed by atoms with Gasteiger partial charge in [-0.15, -0.1) is 0 Å². The van der Waals surface area contributed by atoms with Crippen LogP contribution in [-0.4, -0.2) is 16.4 Å². The first-order valence-corrected chi connectivity index (χ1v) is 6.86. The van der Waals surface area contributed by atoms with Gasteiger partial charge in [-0.2, -0.15) is 5.10 Å². The maximum Gasteiger partial charge on any atom is 0.128 e. The summed E-state index contributed by atoms with van der Waals surface area (Å²) in [6, 6.07) is 6.24. The predicted octanol–water partition coefficient (Wildman–Crippen LogP) is 2.99. The number of ether oxygens (including phenoxy) is 1. The smallest absolute Gasteiger partial charge is 0.128 e. The maximum atomic E-state index is 13.5. The van der Waals surface area contributed by atoms with Crippen LogP contribution in [0.25, 0.3) is 11.3 Å². The molecule has 2 aromatic rings. The number of nitrogens with two attached hydrogens (primary N) is 1. The highest BCUT2D eigenvalue weighted by Gasteiger charge is 2.19. The molecule has 1 aliphatic carbocycles. The number of hydrogen-bond donors (Lipinski definition) is 1. The fraction of sp³-hybridized carbons (Fsp3) is 0.400. The van der Waals surface area contributed by atoms with E-state index in [1.54, 1.807) is 23.9 Å². The number of aromatic nitrogens is 2. The van der Waals surface area contributed by atoms with Gasteiger partial charge in [0.15, 0.2) is 0 Å². The molecule has 1 heterocycles. The first-order valence-electron chi connectivity index (χ1n) is 6.86. The molecule has 0 spiro atoms. The van der Waals surface area contributed by atoms with Crippen LogP contribution in [0.2, 0.25) is 0 Å². The average molecular weight is 275 g/mol. The summed E-state index contributed by atoms with van der Waals surface area (Å²) in [4.78, 5) is 0. The van der Waals surface area contributed by atoms with Gasteiger partial charge in [0.05, 0.1) is 12.3 Å². The second-order valence-corrected chi connectivity index (χ2v) is 5.33. The van der Waals surface area contributed by atoms with E-state index in [1.165, 1.54) is 31.4 Å². The Morgan fingerprint density at radius 3 is 2.80 bits per heavy atom. The van der Waals surface area contributed by atoms with Gasteiger partial charge in [-0.05, 0) is 37.0 Å². The van der Waals surface area contributed by atoms with E-state index in [1.807, 2.05) is 0 Å². The van der Waals surface area contributed by atoms with Gasteiger partial charge in [0.25, 0.3) is 0 Å². The number of benzene rings is 1. The second kappa shape index (κ2) is 5.15. The number of nitrogen functional groups attached to an aromatic ring is 1. The largest absolute Gasteiger partial charge is 0.493 e. The summed E-state index contributed by atoms with van der Waals surface area (Å²) in [6.45, 7) is 0.681. The zero-order valence-corrected chi connectivity index (χ0v) is 11.5. The summed E-state index contributed by atoms with van der Waals surface area (Å²) in [5.41, 5.74) is 7.07. The third-order valence-corrected chi connectivity index (χ3v) is 3.83. The van der Waals surface area contributed by atoms with E-state index in [-0.39, 0.29) is 5.82 Å². The van der Waals surface area contributed by atoms with E-state index in [4.69, 9.17) is 10.5 Å². The minimum atomic E-state index is -0.305. The molecule has 0 radical (unpaired) electrons. The SMILES string of the molecule is Cn1nc(-c2cc(F)ccc2OCC2CCC2)cc1N. The van der Waals surface area contributed by atoms with Crippen molar-refractivity contribution in [2.45, 2.75) is 19.3 Å². The van der Waals surface area contributed by atoms with E-state index in [2.05, 4.69) is 5.10 Å².